The van der Waals surface area contributed by atoms with Crippen LogP contribution in [-0.4, -0.2) is 34.7 Å². The van der Waals surface area contributed by atoms with Crippen molar-refractivity contribution in [1.29, 1.82) is 0 Å². The fourth-order valence-corrected chi connectivity index (χ4v) is 10.3. The number of Topliss-reactive ketones (excluding diaryl/α,β-unsaturated/α-hetero) is 1. The number of hydrogen-bond donors (Lipinski definition) is 2. The lowest BCUT2D eigenvalue weighted by atomic mass is 9.35. The average Bonchev–Trinajstić information content (AvgIpc) is 2.97. The van der Waals surface area contributed by atoms with Crippen molar-refractivity contribution < 1.29 is 24.5 Å². The second-order valence-electron chi connectivity index (χ2n) is 16.8. The van der Waals surface area contributed by atoms with Gasteiger partial charge in [-0.1, -0.05) is 83.5 Å². The Labute approximate surface area is 259 Å². The molecule has 238 valence electrons. The summed E-state index contributed by atoms with van der Waals surface area (Å²) in [4.78, 5) is 26.9. The molecule has 1 unspecified atom stereocenters. The first-order chi connectivity index (χ1) is 20.0. The van der Waals surface area contributed by atoms with Gasteiger partial charge in [0.05, 0.1) is 23.5 Å². The zero-order valence-electron chi connectivity index (χ0n) is 27.8. The number of aliphatic hydroxyl groups is 2. The number of rotatable bonds is 4. The maximum Gasteiger partial charge on any atom is 0.312 e. The number of carbonyl (C=O) groups is 2. The quantitative estimate of drug-likeness (QED) is 0.275. The zero-order chi connectivity index (χ0) is 31.5. The van der Waals surface area contributed by atoms with Gasteiger partial charge in [0, 0.05) is 12.3 Å². The Morgan fingerprint density at radius 2 is 1.56 bits per heavy atom. The van der Waals surface area contributed by atoms with E-state index in [-0.39, 0.29) is 58.5 Å². The van der Waals surface area contributed by atoms with Crippen molar-refractivity contribution in [3.8, 4) is 0 Å². The smallest absolute Gasteiger partial charge is 0.312 e. The maximum absolute atomic E-state index is 13.7. The summed E-state index contributed by atoms with van der Waals surface area (Å²) < 4.78 is 5.95. The van der Waals surface area contributed by atoms with E-state index in [9.17, 15) is 19.8 Å². The van der Waals surface area contributed by atoms with Crippen molar-refractivity contribution >= 4 is 11.8 Å². The van der Waals surface area contributed by atoms with Gasteiger partial charge in [0.15, 0.2) is 0 Å². The molecule has 0 spiro atoms. The molecule has 43 heavy (non-hydrogen) atoms. The van der Waals surface area contributed by atoms with E-state index in [1.165, 1.54) is 5.57 Å². The normalized spacial score (nSPS) is 43.0. The summed E-state index contributed by atoms with van der Waals surface area (Å²) in [7, 11) is 0. The first-order valence-electron chi connectivity index (χ1n) is 16.8. The number of aliphatic hydroxyl groups excluding tert-OH is 2. The van der Waals surface area contributed by atoms with Crippen LogP contribution in [0, 0.1) is 44.3 Å². The van der Waals surface area contributed by atoms with E-state index in [0.717, 1.165) is 56.9 Å². The van der Waals surface area contributed by atoms with Crippen molar-refractivity contribution in [1.82, 2.24) is 0 Å². The first kappa shape index (κ1) is 32.4. The molecule has 0 radical (unpaired) electrons. The number of esters is 1. The van der Waals surface area contributed by atoms with Crippen LogP contribution >= 0.6 is 0 Å². The summed E-state index contributed by atoms with van der Waals surface area (Å²) >= 11 is 0. The van der Waals surface area contributed by atoms with Gasteiger partial charge in [0.25, 0.3) is 0 Å². The molecule has 2 N–H and O–H groups in total. The van der Waals surface area contributed by atoms with Gasteiger partial charge in [-0.25, -0.2) is 0 Å². The van der Waals surface area contributed by atoms with Crippen LogP contribution in [0.1, 0.15) is 118 Å². The number of fused-ring (bicyclic) bond motifs is 5. The number of ketones is 1. The lowest BCUT2D eigenvalue weighted by molar-refractivity contribution is -0.205. The van der Waals surface area contributed by atoms with Gasteiger partial charge in [-0.3, -0.25) is 9.59 Å². The molecule has 3 fully saturated rings. The van der Waals surface area contributed by atoms with Crippen LogP contribution < -0.4 is 0 Å². The number of allylic oxidation sites excluding steroid dienone is 1. The summed E-state index contributed by atoms with van der Waals surface area (Å²) in [5.74, 6) is 0.0993. The minimum absolute atomic E-state index is 0.000232. The molecule has 5 rings (SSSR count). The molecule has 3 saturated carbocycles. The molecule has 0 bridgehead atoms. The fraction of sp³-hybridized carbons (Fsp3) is 0.737. The molecule has 5 heteroatoms. The Morgan fingerprint density at radius 3 is 2.23 bits per heavy atom. The van der Waals surface area contributed by atoms with E-state index in [0.29, 0.717) is 12.8 Å². The van der Waals surface area contributed by atoms with Crippen LogP contribution in [0.15, 0.2) is 42.0 Å². The summed E-state index contributed by atoms with van der Waals surface area (Å²) in [5.41, 5.74) is 0.422. The fourth-order valence-electron chi connectivity index (χ4n) is 10.3. The minimum Gasteiger partial charge on any atom is -0.460 e. The average molecular weight is 593 g/mol. The van der Waals surface area contributed by atoms with Crippen LogP contribution in [-0.2, 0) is 20.9 Å². The van der Waals surface area contributed by atoms with Crippen LogP contribution in [0.5, 0.6) is 0 Å². The Morgan fingerprint density at radius 1 is 0.884 bits per heavy atom. The van der Waals surface area contributed by atoms with Crippen LogP contribution in [0.4, 0.5) is 0 Å². The third-order valence-electron chi connectivity index (χ3n) is 13.8. The summed E-state index contributed by atoms with van der Waals surface area (Å²) in [6.45, 7) is 16.0. The molecule has 8 atom stereocenters. The highest BCUT2D eigenvalue weighted by atomic mass is 16.5. The number of carbonyl (C=O) groups excluding carboxylic acids is 2. The van der Waals surface area contributed by atoms with Gasteiger partial charge in [-0.2, -0.15) is 0 Å². The zero-order valence-corrected chi connectivity index (χ0v) is 27.8. The van der Waals surface area contributed by atoms with Gasteiger partial charge in [-0.05, 0) is 97.9 Å². The molecule has 1 aromatic rings. The number of hydrogen-bond acceptors (Lipinski definition) is 5. The topological polar surface area (TPSA) is 83.8 Å². The van der Waals surface area contributed by atoms with Crippen LogP contribution in [0.25, 0.3) is 0 Å². The van der Waals surface area contributed by atoms with E-state index < -0.39 is 16.9 Å². The lowest BCUT2D eigenvalue weighted by Crippen LogP contribution is -2.66. The first-order valence-corrected chi connectivity index (χ1v) is 16.8. The maximum atomic E-state index is 13.7. The van der Waals surface area contributed by atoms with E-state index in [2.05, 4.69) is 47.6 Å². The number of ether oxygens (including phenoxy) is 1. The Kier molecular flexibility index (Phi) is 8.38. The predicted molar refractivity (Wildman–Crippen MR) is 170 cm³/mol. The Bertz CT molecular complexity index is 1250. The molecule has 1 aromatic carbocycles. The van der Waals surface area contributed by atoms with Gasteiger partial charge < -0.3 is 14.9 Å². The van der Waals surface area contributed by atoms with E-state index >= 15 is 0 Å². The van der Waals surface area contributed by atoms with E-state index in [4.69, 9.17) is 4.74 Å². The molecular weight excluding hydrogens is 536 g/mol. The third-order valence-corrected chi connectivity index (χ3v) is 13.8. The second kappa shape index (κ2) is 11.1. The third kappa shape index (κ3) is 5.25. The molecule has 0 saturated heterocycles. The lowest BCUT2D eigenvalue weighted by Gasteiger charge is -2.69. The van der Waals surface area contributed by atoms with Crippen molar-refractivity contribution in [2.75, 3.05) is 6.61 Å². The van der Waals surface area contributed by atoms with Gasteiger partial charge in [0.1, 0.15) is 12.4 Å². The summed E-state index contributed by atoms with van der Waals surface area (Å²) in [6, 6.07) is 9.88. The predicted octanol–water partition coefficient (Wildman–Crippen LogP) is 7.82. The molecule has 0 amide bonds. The largest absolute Gasteiger partial charge is 0.460 e. The van der Waals surface area contributed by atoms with Crippen molar-refractivity contribution in [3.05, 3.63) is 47.5 Å². The van der Waals surface area contributed by atoms with Crippen LogP contribution in [0.3, 0.4) is 0 Å². The van der Waals surface area contributed by atoms with Crippen molar-refractivity contribution in [2.24, 2.45) is 44.3 Å². The molecule has 4 aliphatic carbocycles. The minimum atomic E-state index is -0.751. The van der Waals surface area contributed by atoms with Crippen molar-refractivity contribution in [3.63, 3.8) is 0 Å². The Hall–Kier alpha value is -1.98. The van der Waals surface area contributed by atoms with Crippen molar-refractivity contribution in [2.45, 2.75) is 125 Å². The monoisotopic (exact) mass is 592 g/mol. The Balaban J connectivity index is 1.50. The van der Waals surface area contributed by atoms with Gasteiger partial charge >= 0.3 is 5.97 Å². The highest BCUT2D eigenvalue weighted by Crippen LogP contribution is 2.72. The molecule has 0 aliphatic heterocycles. The standard InChI is InChI=1S/C38H56O5/c1-33(2)19-21-34(3,32(42)43-24-26-11-9-8-10-12-26)16-13-27-23-28(40)31-35(4)17-15-30(41)36(5,25-39)29(35)14-18-38(31,7)37(27,6)22-20-33/h8-12,23,28-29,31,39-40H,13-22,24-25H2,1-7H3/t28?,29-,31-,34-,35+,36+,37-,38-/m1/s1. The highest BCUT2D eigenvalue weighted by molar-refractivity contribution is 5.86. The highest BCUT2D eigenvalue weighted by Gasteiger charge is 2.68. The summed E-state index contributed by atoms with van der Waals surface area (Å²) in [5, 5.41) is 22.5. The van der Waals surface area contributed by atoms with Crippen LogP contribution in [0.2, 0.25) is 0 Å². The molecule has 0 aromatic heterocycles. The SMILES string of the molecule is CC1(C)CC[C@](C)(C(=O)OCc2ccccc2)CCC2=CC(O)[C@@H]3[C@@]4(C)CCC(=O)[C@@](C)(CO)[C@@H]4CC[C@@]3(C)[C@]2(C)CC1. The van der Waals surface area contributed by atoms with E-state index in [1.54, 1.807) is 0 Å². The molecule has 5 nitrogen and oxygen atoms in total. The molecular formula is C38H56O5. The second-order valence-corrected chi connectivity index (χ2v) is 16.8. The van der Waals surface area contributed by atoms with Gasteiger partial charge in [0.2, 0.25) is 0 Å². The summed E-state index contributed by atoms with van der Waals surface area (Å²) in [6.07, 6.45) is 9.85. The number of benzene rings is 1. The molecule has 4 aliphatic rings. The van der Waals surface area contributed by atoms with Gasteiger partial charge in [-0.15, -0.1) is 0 Å². The van der Waals surface area contributed by atoms with E-state index in [1.807, 2.05) is 37.3 Å². The molecule has 0 heterocycles.